The van der Waals surface area contributed by atoms with Crippen LogP contribution in [-0.4, -0.2) is 36.5 Å². The number of hydrogen-bond acceptors (Lipinski definition) is 3. The molecule has 0 saturated carbocycles. The number of rotatable bonds is 3. The molecule has 1 aromatic carbocycles. The topological polar surface area (TPSA) is 46.6 Å². The van der Waals surface area contributed by atoms with Crippen molar-refractivity contribution in [2.24, 2.45) is 5.92 Å². The van der Waals surface area contributed by atoms with E-state index in [1.54, 1.807) is 6.92 Å². The van der Waals surface area contributed by atoms with Gasteiger partial charge in [-0.3, -0.25) is 9.59 Å². The van der Waals surface area contributed by atoms with Gasteiger partial charge in [0.1, 0.15) is 0 Å². The molecule has 1 aliphatic rings. The number of piperidine rings is 1. The highest BCUT2D eigenvalue weighted by molar-refractivity contribution is 5.95. The summed E-state index contributed by atoms with van der Waals surface area (Å²) in [4.78, 5) is 25.4. The second-order valence-corrected chi connectivity index (χ2v) is 6.14. The van der Waals surface area contributed by atoms with Crippen LogP contribution in [0.15, 0.2) is 18.2 Å². The molecule has 1 saturated heterocycles. The molecule has 0 spiro atoms. The van der Waals surface area contributed by atoms with Gasteiger partial charge in [-0.25, -0.2) is 0 Å². The van der Waals surface area contributed by atoms with Crippen LogP contribution in [-0.2, 0) is 21.9 Å². The highest BCUT2D eigenvalue weighted by Crippen LogP contribution is 2.36. The minimum absolute atomic E-state index is 0.0333. The van der Waals surface area contributed by atoms with Gasteiger partial charge < -0.3 is 9.64 Å². The first kappa shape index (κ1) is 21.0. The minimum atomic E-state index is -5.04. The van der Waals surface area contributed by atoms with Crippen LogP contribution in [0.2, 0.25) is 0 Å². The smallest absolute Gasteiger partial charge is 0.416 e. The molecule has 1 heterocycles. The van der Waals surface area contributed by atoms with Gasteiger partial charge >= 0.3 is 18.3 Å². The van der Waals surface area contributed by atoms with Crippen molar-refractivity contribution >= 4 is 11.9 Å². The summed E-state index contributed by atoms with van der Waals surface area (Å²) < 4.78 is 82.5. The van der Waals surface area contributed by atoms with E-state index >= 15 is 0 Å². The molecule has 4 nitrogen and oxygen atoms in total. The Morgan fingerprint density at radius 2 is 1.63 bits per heavy atom. The normalized spacial score (nSPS) is 18.3. The van der Waals surface area contributed by atoms with Crippen LogP contribution >= 0.6 is 0 Å². The first-order valence-electron chi connectivity index (χ1n) is 8.19. The first-order valence-corrected chi connectivity index (χ1v) is 8.19. The molecule has 1 unspecified atom stereocenters. The fraction of sp³-hybridized carbons (Fsp3) is 0.529. The van der Waals surface area contributed by atoms with Gasteiger partial charge in [0.05, 0.1) is 23.7 Å². The molecule has 1 aromatic rings. The number of carbonyl (C=O) groups excluding carboxylic acids is 2. The lowest BCUT2D eigenvalue weighted by Gasteiger charge is -2.31. The SMILES string of the molecule is CCOC(=O)C1CCCN(C(=O)c2cc(C(F)(F)F)cc(C(F)(F)F)c2)C1. The van der Waals surface area contributed by atoms with Crippen LogP contribution < -0.4 is 0 Å². The van der Waals surface area contributed by atoms with Crippen molar-refractivity contribution in [3.63, 3.8) is 0 Å². The molecule has 0 aliphatic carbocycles. The number of likely N-dealkylation sites (tertiary alicyclic amines) is 1. The predicted octanol–water partition coefficient (Wildman–Crippen LogP) is 4.14. The summed E-state index contributed by atoms with van der Waals surface area (Å²) in [5.74, 6) is -2.19. The lowest BCUT2D eigenvalue weighted by Crippen LogP contribution is -2.43. The number of esters is 1. The monoisotopic (exact) mass is 397 g/mol. The number of nitrogens with zero attached hydrogens (tertiary/aromatic N) is 1. The molecule has 0 radical (unpaired) electrons. The van der Waals surface area contributed by atoms with Crippen LogP contribution in [0.25, 0.3) is 0 Å². The highest BCUT2D eigenvalue weighted by Gasteiger charge is 2.38. The van der Waals surface area contributed by atoms with Crippen LogP contribution in [0.3, 0.4) is 0 Å². The molecule has 1 amide bonds. The largest absolute Gasteiger partial charge is 0.466 e. The van der Waals surface area contributed by atoms with E-state index in [0.717, 1.165) is 4.90 Å². The zero-order valence-electron chi connectivity index (χ0n) is 14.3. The molecule has 0 N–H and O–H groups in total. The molecule has 27 heavy (non-hydrogen) atoms. The van der Waals surface area contributed by atoms with Gasteiger partial charge in [-0.1, -0.05) is 0 Å². The maximum atomic E-state index is 12.9. The van der Waals surface area contributed by atoms with Crippen molar-refractivity contribution in [1.82, 2.24) is 4.90 Å². The summed E-state index contributed by atoms with van der Waals surface area (Å²) in [5.41, 5.74) is -3.83. The van der Waals surface area contributed by atoms with Crippen LogP contribution in [0, 0.1) is 5.92 Å². The van der Waals surface area contributed by atoms with Gasteiger partial charge in [0, 0.05) is 18.7 Å². The molecule has 0 aromatic heterocycles. The third kappa shape index (κ3) is 5.14. The number of carbonyl (C=O) groups is 2. The van der Waals surface area contributed by atoms with Crippen molar-refractivity contribution in [2.45, 2.75) is 32.1 Å². The summed E-state index contributed by atoms with van der Waals surface area (Å²) in [6, 6.07) is 0.755. The van der Waals surface area contributed by atoms with E-state index in [0.29, 0.717) is 25.0 Å². The van der Waals surface area contributed by atoms with Crippen molar-refractivity contribution in [3.05, 3.63) is 34.9 Å². The lowest BCUT2D eigenvalue weighted by atomic mass is 9.96. The molecule has 0 bridgehead atoms. The standard InChI is InChI=1S/C17H17F6NO3/c1-2-27-15(26)10-4-3-5-24(9-10)14(25)11-6-12(16(18,19)20)8-13(7-11)17(21,22)23/h6-8,10H,2-5,9H2,1H3. The van der Waals surface area contributed by atoms with Gasteiger partial charge in [-0.2, -0.15) is 26.3 Å². The van der Waals surface area contributed by atoms with E-state index < -0.39 is 46.8 Å². The summed E-state index contributed by atoms with van der Waals surface area (Å²) in [5, 5.41) is 0. The second-order valence-electron chi connectivity index (χ2n) is 6.14. The van der Waals surface area contributed by atoms with Gasteiger partial charge in [0.15, 0.2) is 0 Å². The summed E-state index contributed by atoms with van der Waals surface area (Å²) in [6.45, 7) is 1.75. The Hall–Kier alpha value is -2.26. The van der Waals surface area contributed by atoms with Gasteiger partial charge in [-0.15, -0.1) is 0 Å². The maximum Gasteiger partial charge on any atom is 0.416 e. The molecular weight excluding hydrogens is 380 g/mol. The zero-order valence-corrected chi connectivity index (χ0v) is 14.3. The van der Waals surface area contributed by atoms with Crippen molar-refractivity contribution < 1.29 is 40.7 Å². The molecule has 150 valence electrons. The van der Waals surface area contributed by atoms with Gasteiger partial charge in [-0.05, 0) is 38.0 Å². The van der Waals surface area contributed by atoms with Crippen molar-refractivity contribution in [1.29, 1.82) is 0 Å². The van der Waals surface area contributed by atoms with E-state index in [4.69, 9.17) is 4.74 Å². The van der Waals surface area contributed by atoms with E-state index in [2.05, 4.69) is 0 Å². The molecule has 10 heteroatoms. The second kappa shape index (κ2) is 7.77. The lowest BCUT2D eigenvalue weighted by molar-refractivity contribution is -0.149. The minimum Gasteiger partial charge on any atom is -0.466 e. The number of amides is 1. The van der Waals surface area contributed by atoms with E-state index in [-0.39, 0.29) is 25.8 Å². The predicted molar refractivity (Wildman–Crippen MR) is 81.7 cm³/mol. The Kier molecular flexibility index (Phi) is 6.06. The molecule has 2 rings (SSSR count). The molecule has 1 fully saturated rings. The first-order chi connectivity index (χ1) is 12.4. The number of alkyl halides is 6. The third-order valence-electron chi connectivity index (χ3n) is 4.16. The number of halogens is 6. The van der Waals surface area contributed by atoms with Gasteiger partial charge in [0.2, 0.25) is 0 Å². The Balaban J connectivity index is 2.33. The Labute approximate surface area is 151 Å². The fourth-order valence-electron chi connectivity index (χ4n) is 2.88. The van der Waals surface area contributed by atoms with E-state index in [1.165, 1.54) is 0 Å². The van der Waals surface area contributed by atoms with Crippen LogP contribution in [0.1, 0.15) is 41.3 Å². The van der Waals surface area contributed by atoms with Crippen molar-refractivity contribution in [2.75, 3.05) is 19.7 Å². The Bertz CT molecular complexity index is 681. The van der Waals surface area contributed by atoms with E-state index in [1.807, 2.05) is 0 Å². The molecular formula is C17H17F6NO3. The van der Waals surface area contributed by atoms with E-state index in [9.17, 15) is 35.9 Å². The summed E-state index contributed by atoms with van der Waals surface area (Å²) in [7, 11) is 0. The Morgan fingerprint density at radius 3 is 2.11 bits per heavy atom. The number of ether oxygens (including phenoxy) is 1. The van der Waals surface area contributed by atoms with Crippen molar-refractivity contribution in [3.8, 4) is 0 Å². The Morgan fingerprint density at radius 1 is 1.07 bits per heavy atom. The molecule has 1 aliphatic heterocycles. The average Bonchev–Trinajstić information content (AvgIpc) is 2.59. The summed E-state index contributed by atoms with van der Waals surface area (Å²) in [6.07, 6.45) is -9.25. The van der Waals surface area contributed by atoms with Gasteiger partial charge in [0.25, 0.3) is 5.91 Å². The molecule has 1 atom stereocenters. The maximum absolute atomic E-state index is 12.9. The van der Waals surface area contributed by atoms with Crippen LogP contribution in [0.5, 0.6) is 0 Å². The number of hydrogen-bond donors (Lipinski definition) is 0. The zero-order chi connectivity index (χ0) is 20.4. The third-order valence-corrected chi connectivity index (χ3v) is 4.16. The summed E-state index contributed by atoms with van der Waals surface area (Å²) >= 11 is 0. The quantitative estimate of drug-likeness (QED) is 0.569. The average molecular weight is 397 g/mol. The number of benzene rings is 1. The fourth-order valence-corrected chi connectivity index (χ4v) is 2.88. The highest BCUT2D eigenvalue weighted by atomic mass is 19.4. The van der Waals surface area contributed by atoms with Crippen LogP contribution in [0.4, 0.5) is 26.3 Å².